The summed E-state index contributed by atoms with van der Waals surface area (Å²) in [4.78, 5) is 16.9. The van der Waals surface area contributed by atoms with Crippen LogP contribution in [0.3, 0.4) is 0 Å². The number of hydrogen-bond acceptors (Lipinski definition) is 2. The fourth-order valence-corrected chi connectivity index (χ4v) is 3.15. The molecule has 1 heterocycles. The first kappa shape index (κ1) is 15.3. The summed E-state index contributed by atoms with van der Waals surface area (Å²) in [6.45, 7) is 6.82. The second kappa shape index (κ2) is 5.69. The second-order valence-corrected chi connectivity index (χ2v) is 7.68. The van der Waals surface area contributed by atoms with E-state index < -0.39 is 0 Å². The average molecular weight is 437 g/mol. The number of piperazine rings is 1. The summed E-state index contributed by atoms with van der Waals surface area (Å²) in [7, 11) is 2.11. The fourth-order valence-electron chi connectivity index (χ4n) is 2.25. The Morgan fingerprint density at radius 1 is 1.37 bits per heavy atom. The van der Waals surface area contributed by atoms with Crippen LogP contribution in [-0.4, -0.2) is 47.9 Å². The maximum Gasteiger partial charge on any atom is 0.255 e. The number of halogens is 2. The number of nitrogens with zero attached hydrogens (tertiary/aromatic N) is 2. The van der Waals surface area contributed by atoms with Crippen LogP contribution in [0.2, 0.25) is 0 Å². The molecular weight excluding hydrogens is 419 g/mol. The van der Waals surface area contributed by atoms with E-state index in [2.05, 4.69) is 64.3 Å². The molecular formula is C14H18BrIN2O. The molecule has 2 rings (SSSR count). The maximum atomic E-state index is 12.6. The van der Waals surface area contributed by atoms with E-state index in [1.165, 1.54) is 0 Å². The molecule has 3 nitrogen and oxygen atoms in total. The predicted octanol–water partition coefficient (Wildman–Crippen LogP) is 3.22. The van der Waals surface area contributed by atoms with Gasteiger partial charge in [0, 0.05) is 33.2 Å². The summed E-state index contributed by atoms with van der Waals surface area (Å²) in [6.07, 6.45) is 0. The minimum Gasteiger partial charge on any atom is -0.335 e. The Bertz CT molecular complexity index is 504. The highest BCUT2D eigenvalue weighted by Crippen LogP contribution is 2.24. The zero-order valence-electron chi connectivity index (χ0n) is 11.4. The van der Waals surface area contributed by atoms with E-state index in [1.54, 1.807) is 0 Å². The van der Waals surface area contributed by atoms with Crippen LogP contribution < -0.4 is 0 Å². The van der Waals surface area contributed by atoms with Crippen LogP contribution in [0.4, 0.5) is 0 Å². The van der Waals surface area contributed by atoms with Crippen molar-refractivity contribution in [1.29, 1.82) is 0 Å². The third-order valence-corrected chi connectivity index (χ3v) is 5.13. The van der Waals surface area contributed by atoms with Crippen molar-refractivity contribution in [2.45, 2.75) is 19.4 Å². The highest BCUT2D eigenvalue weighted by atomic mass is 127. The Balaban J connectivity index is 2.23. The van der Waals surface area contributed by atoms with Gasteiger partial charge in [0.15, 0.2) is 0 Å². The van der Waals surface area contributed by atoms with Gasteiger partial charge in [-0.1, -0.05) is 0 Å². The van der Waals surface area contributed by atoms with E-state index in [4.69, 9.17) is 0 Å². The van der Waals surface area contributed by atoms with Crippen molar-refractivity contribution in [1.82, 2.24) is 9.80 Å². The van der Waals surface area contributed by atoms with Gasteiger partial charge in [-0.2, -0.15) is 0 Å². The molecule has 1 aromatic rings. The zero-order valence-corrected chi connectivity index (χ0v) is 15.2. The summed E-state index contributed by atoms with van der Waals surface area (Å²) in [5.74, 6) is 0.117. The molecule has 0 unspecified atom stereocenters. The lowest BCUT2D eigenvalue weighted by molar-refractivity contribution is 0.0310. The number of carbonyl (C=O) groups excluding carboxylic acids is 1. The molecule has 1 aliphatic heterocycles. The van der Waals surface area contributed by atoms with Crippen LogP contribution in [0.25, 0.3) is 0 Å². The molecule has 1 saturated heterocycles. The molecule has 0 N–H and O–H groups in total. The van der Waals surface area contributed by atoms with E-state index in [1.807, 2.05) is 23.1 Å². The molecule has 0 atom stereocenters. The Labute approximate surface area is 136 Å². The lowest BCUT2D eigenvalue weighted by Crippen LogP contribution is -2.58. The van der Waals surface area contributed by atoms with E-state index in [-0.39, 0.29) is 11.4 Å². The minimum atomic E-state index is 0.0301. The third-order valence-electron chi connectivity index (χ3n) is 3.76. The number of benzene rings is 1. The molecule has 1 fully saturated rings. The van der Waals surface area contributed by atoms with Crippen LogP contribution in [0.5, 0.6) is 0 Å². The molecule has 0 saturated carbocycles. The summed E-state index contributed by atoms with van der Waals surface area (Å²) in [5.41, 5.74) is 0.787. The molecule has 5 heteroatoms. The van der Waals surface area contributed by atoms with Crippen LogP contribution in [0.1, 0.15) is 24.2 Å². The van der Waals surface area contributed by atoms with Gasteiger partial charge in [-0.05, 0) is 77.6 Å². The van der Waals surface area contributed by atoms with Crippen LogP contribution in [0, 0.1) is 3.57 Å². The summed E-state index contributed by atoms with van der Waals surface area (Å²) in [5, 5.41) is 0. The van der Waals surface area contributed by atoms with Crippen molar-refractivity contribution in [2.75, 3.05) is 26.7 Å². The maximum absolute atomic E-state index is 12.6. The zero-order chi connectivity index (χ0) is 14.2. The van der Waals surface area contributed by atoms with Crippen molar-refractivity contribution in [2.24, 2.45) is 0 Å². The highest BCUT2D eigenvalue weighted by Gasteiger charge is 2.33. The largest absolute Gasteiger partial charge is 0.335 e. The quantitative estimate of drug-likeness (QED) is 0.631. The number of hydrogen-bond donors (Lipinski definition) is 0. The summed E-state index contributed by atoms with van der Waals surface area (Å²) in [6, 6.07) is 5.88. The first-order valence-electron chi connectivity index (χ1n) is 6.27. The SMILES string of the molecule is CN1CCN(C(=O)c2cc(I)ccc2Br)CC1(C)C. The van der Waals surface area contributed by atoms with Gasteiger partial charge in [-0.25, -0.2) is 0 Å². The summed E-state index contributed by atoms with van der Waals surface area (Å²) >= 11 is 5.71. The van der Waals surface area contributed by atoms with Crippen molar-refractivity contribution >= 4 is 44.4 Å². The number of likely N-dealkylation sites (N-methyl/N-ethyl adjacent to an activating group) is 1. The van der Waals surface area contributed by atoms with E-state index in [0.29, 0.717) is 0 Å². The third kappa shape index (κ3) is 3.31. The second-order valence-electron chi connectivity index (χ2n) is 5.58. The fraction of sp³-hybridized carbons (Fsp3) is 0.500. The summed E-state index contributed by atoms with van der Waals surface area (Å²) < 4.78 is 1.95. The van der Waals surface area contributed by atoms with Gasteiger partial charge < -0.3 is 4.90 Å². The van der Waals surface area contributed by atoms with Crippen LogP contribution >= 0.6 is 38.5 Å². The number of rotatable bonds is 1. The van der Waals surface area contributed by atoms with Crippen LogP contribution in [-0.2, 0) is 0 Å². The number of carbonyl (C=O) groups is 1. The van der Waals surface area contributed by atoms with Crippen molar-refractivity contribution < 1.29 is 4.79 Å². The Kier molecular flexibility index (Phi) is 4.57. The standard InChI is InChI=1S/C14H18BrIN2O/c1-14(2)9-18(7-6-17(14)3)13(19)11-8-10(16)4-5-12(11)15/h4-5,8H,6-7,9H2,1-3H3. The molecule has 0 aromatic heterocycles. The smallest absolute Gasteiger partial charge is 0.255 e. The average Bonchev–Trinajstić information content (AvgIpc) is 2.35. The normalized spacial score (nSPS) is 19.5. The minimum absolute atomic E-state index is 0.0301. The van der Waals surface area contributed by atoms with Gasteiger partial charge in [0.25, 0.3) is 5.91 Å². The molecule has 1 aliphatic rings. The van der Waals surface area contributed by atoms with E-state index >= 15 is 0 Å². The van der Waals surface area contributed by atoms with Gasteiger partial charge in [0.1, 0.15) is 0 Å². The molecule has 0 radical (unpaired) electrons. The molecule has 19 heavy (non-hydrogen) atoms. The van der Waals surface area contributed by atoms with E-state index in [0.717, 1.165) is 33.2 Å². The van der Waals surface area contributed by atoms with Gasteiger partial charge in [0.05, 0.1) is 5.56 Å². The van der Waals surface area contributed by atoms with Crippen molar-refractivity contribution in [3.8, 4) is 0 Å². The number of amides is 1. The Morgan fingerprint density at radius 3 is 2.68 bits per heavy atom. The molecule has 0 bridgehead atoms. The lowest BCUT2D eigenvalue weighted by atomic mass is 9.99. The topological polar surface area (TPSA) is 23.6 Å². The Morgan fingerprint density at radius 2 is 2.05 bits per heavy atom. The Hall–Kier alpha value is -0.140. The van der Waals surface area contributed by atoms with Crippen LogP contribution in [0.15, 0.2) is 22.7 Å². The van der Waals surface area contributed by atoms with Gasteiger partial charge >= 0.3 is 0 Å². The van der Waals surface area contributed by atoms with Gasteiger partial charge in [-0.15, -0.1) is 0 Å². The monoisotopic (exact) mass is 436 g/mol. The molecule has 0 spiro atoms. The van der Waals surface area contributed by atoms with Crippen molar-refractivity contribution in [3.63, 3.8) is 0 Å². The first-order valence-corrected chi connectivity index (χ1v) is 8.14. The van der Waals surface area contributed by atoms with Gasteiger partial charge in [0.2, 0.25) is 0 Å². The first-order chi connectivity index (χ1) is 8.81. The van der Waals surface area contributed by atoms with Gasteiger partial charge in [-0.3, -0.25) is 9.69 Å². The molecule has 1 amide bonds. The molecule has 1 aromatic carbocycles. The predicted molar refractivity (Wildman–Crippen MR) is 89.5 cm³/mol. The lowest BCUT2D eigenvalue weighted by Gasteiger charge is -2.45. The highest BCUT2D eigenvalue weighted by molar-refractivity contribution is 14.1. The van der Waals surface area contributed by atoms with Crippen molar-refractivity contribution in [3.05, 3.63) is 31.8 Å². The van der Waals surface area contributed by atoms with E-state index in [9.17, 15) is 4.79 Å². The molecule has 104 valence electrons. The molecule has 0 aliphatic carbocycles.